The first-order valence-corrected chi connectivity index (χ1v) is 10.8. The summed E-state index contributed by atoms with van der Waals surface area (Å²) in [4.78, 5) is 2.85. The molecule has 0 heterocycles. The molecule has 2 nitrogen and oxygen atoms in total. The van der Waals surface area contributed by atoms with E-state index in [2.05, 4.69) is 39.5 Å². The lowest BCUT2D eigenvalue weighted by molar-refractivity contribution is 0.0179. The standard InChI is InChI=1S/C22H46N2/c1-6-8-10-12-14-24(15-13-11-9-7-2)20-16-21(3,4)18-22(5,17-20)19-23/h20H,6-19,23H2,1-5H3. The van der Waals surface area contributed by atoms with Gasteiger partial charge in [-0.25, -0.2) is 0 Å². The highest BCUT2D eigenvalue weighted by Crippen LogP contribution is 2.47. The fourth-order valence-corrected chi connectivity index (χ4v) is 4.95. The molecule has 0 aromatic rings. The second kappa shape index (κ2) is 10.8. The normalized spacial score (nSPS) is 26.9. The van der Waals surface area contributed by atoms with Gasteiger partial charge in [-0.15, -0.1) is 0 Å². The predicted octanol–water partition coefficient (Wildman–Crippen LogP) is 5.99. The van der Waals surface area contributed by atoms with Crippen molar-refractivity contribution in [2.75, 3.05) is 19.6 Å². The summed E-state index contributed by atoms with van der Waals surface area (Å²) in [7, 11) is 0. The molecule has 0 amide bonds. The number of nitrogens with two attached hydrogens (primary N) is 1. The summed E-state index contributed by atoms with van der Waals surface area (Å²) >= 11 is 0. The van der Waals surface area contributed by atoms with Crippen LogP contribution in [0, 0.1) is 10.8 Å². The van der Waals surface area contributed by atoms with Gasteiger partial charge in [-0.3, -0.25) is 0 Å². The van der Waals surface area contributed by atoms with Crippen molar-refractivity contribution < 1.29 is 0 Å². The van der Waals surface area contributed by atoms with Crippen LogP contribution in [0.3, 0.4) is 0 Å². The molecule has 0 saturated heterocycles. The highest BCUT2D eigenvalue weighted by molar-refractivity contribution is 4.95. The highest BCUT2D eigenvalue weighted by atomic mass is 15.2. The van der Waals surface area contributed by atoms with Crippen molar-refractivity contribution in [1.29, 1.82) is 0 Å². The van der Waals surface area contributed by atoms with Gasteiger partial charge in [0, 0.05) is 6.04 Å². The Hall–Kier alpha value is -0.0800. The molecule has 2 N–H and O–H groups in total. The van der Waals surface area contributed by atoms with Crippen molar-refractivity contribution in [3.63, 3.8) is 0 Å². The van der Waals surface area contributed by atoms with Crippen LogP contribution in [-0.2, 0) is 0 Å². The predicted molar refractivity (Wildman–Crippen MR) is 108 cm³/mol. The molecule has 2 heteroatoms. The van der Waals surface area contributed by atoms with E-state index in [0.29, 0.717) is 10.8 Å². The van der Waals surface area contributed by atoms with E-state index in [9.17, 15) is 0 Å². The first-order chi connectivity index (χ1) is 11.4. The molecule has 0 aliphatic heterocycles. The Labute approximate surface area is 152 Å². The maximum Gasteiger partial charge on any atom is 0.0106 e. The molecule has 144 valence electrons. The van der Waals surface area contributed by atoms with Gasteiger partial charge < -0.3 is 10.6 Å². The second-order valence-electron chi connectivity index (χ2n) is 9.58. The van der Waals surface area contributed by atoms with Crippen LogP contribution in [0.4, 0.5) is 0 Å². The van der Waals surface area contributed by atoms with Gasteiger partial charge in [-0.2, -0.15) is 0 Å². The number of unbranched alkanes of at least 4 members (excludes halogenated alkanes) is 6. The Morgan fingerprint density at radius 1 is 0.833 bits per heavy atom. The molecule has 0 radical (unpaired) electrons. The lowest BCUT2D eigenvalue weighted by atomic mass is 9.62. The maximum absolute atomic E-state index is 6.18. The molecule has 1 aliphatic rings. The van der Waals surface area contributed by atoms with Crippen LogP contribution >= 0.6 is 0 Å². The van der Waals surface area contributed by atoms with Gasteiger partial charge in [0.2, 0.25) is 0 Å². The van der Waals surface area contributed by atoms with Gasteiger partial charge in [0.05, 0.1) is 0 Å². The van der Waals surface area contributed by atoms with Gasteiger partial charge in [-0.05, 0) is 62.6 Å². The van der Waals surface area contributed by atoms with Crippen LogP contribution in [0.25, 0.3) is 0 Å². The average molecular weight is 339 g/mol. The van der Waals surface area contributed by atoms with Crippen LogP contribution in [0.5, 0.6) is 0 Å². The molecule has 2 atom stereocenters. The Morgan fingerprint density at radius 3 is 1.83 bits per heavy atom. The Balaban J connectivity index is 2.67. The molecular weight excluding hydrogens is 292 g/mol. The summed E-state index contributed by atoms with van der Waals surface area (Å²) in [6.45, 7) is 15.4. The topological polar surface area (TPSA) is 29.3 Å². The first kappa shape index (κ1) is 22.0. The Morgan fingerprint density at radius 2 is 1.38 bits per heavy atom. The van der Waals surface area contributed by atoms with Gasteiger partial charge in [-0.1, -0.05) is 73.1 Å². The summed E-state index contributed by atoms with van der Waals surface area (Å²) in [6.07, 6.45) is 14.9. The van der Waals surface area contributed by atoms with Crippen molar-refractivity contribution in [3.8, 4) is 0 Å². The van der Waals surface area contributed by atoms with Crippen molar-refractivity contribution in [2.24, 2.45) is 16.6 Å². The quantitative estimate of drug-likeness (QED) is 0.443. The van der Waals surface area contributed by atoms with Crippen molar-refractivity contribution >= 4 is 0 Å². The number of hydrogen-bond acceptors (Lipinski definition) is 2. The second-order valence-corrected chi connectivity index (χ2v) is 9.58. The lowest BCUT2D eigenvalue weighted by Gasteiger charge is -2.49. The third-order valence-corrected chi connectivity index (χ3v) is 6.03. The molecule has 0 aromatic carbocycles. The van der Waals surface area contributed by atoms with Crippen LogP contribution in [0.15, 0.2) is 0 Å². The summed E-state index contributed by atoms with van der Waals surface area (Å²) in [6, 6.07) is 0.741. The van der Waals surface area contributed by atoms with Crippen LogP contribution in [0.2, 0.25) is 0 Å². The lowest BCUT2D eigenvalue weighted by Crippen LogP contribution is -2.49. The molecular formula is C22H46N2. The molecule has 0 bridgehead atoms. The molecule has 1 rings (SSSR count). The van der Waals surface area contributed by atoms with Gasteiger partial charge in [0.25, 0.3) is 0 Å². The molecule has 0 spiro atoms. The first-order valence-electron chi connectivity index (χ1n) is 10.8. The summed E-state index contributed by atoms with van der Waals surface area (Å²) in [5.41, 5.74) is 6.95. The number of nitrogens with zero attached hydrogens (tertiary/aromatic N) is 1. The van der Waals surface area contributed by atoms with Gasteiger partial charge in [0.15, 0.2) is 0 Å². The zero-order valence-corrected chi connectivity index (χ0v) is 17.5. The minimum Gasteiger partial charge on any atom is -0.330 e. The molecule has 0 aromatic heterocycles. The van der Waals surface area contributed by atoms with E-state index in [4.69, 9.17) is 5.73 Å². The third kappa shape index (κ3) is 7.87. The van der Waals surface area contributed by atoms with Gasteiger partial charge in [0.1, 0.15) is 0 Å². The fourth-order valence-electron chi connectivity index (χ4n) is 4.95. The molecule has 1 aliphatic carbocycles. The molecule has 24 heavy (non-hydrogen) atoms. The van der Waals surface area contributed by atoms with E-state index in [-0.39, 0.29) is 0 Å². The zero-order chi connectivity index (χ0) is 18.1. The highest BCUT2D eigenvalue weighted by Gasteiger charge is 2.42. The van der Waals surface area contributed by atoms with E-state index in [1.165, 1.54) is 83.7 Å². The SMILES string of the molecule is CCCCCCN(CCCCCC)C1CC(C)(C)CC(C)(CN)C1. The van der Waals surface area contributed by atoms with Crippen LogP contribution in [0.1, 0.15) is 105 Å². The Kier molecular flexibility index (Phi) is 9.89. The summed E-state index contributed by atoms with van der Waals surface area (Å²) in [5.74, 6) is 0. The van der Waals surface area contributed by atoms with E-state index >= 15 is 0 Å². The summed E-state index contributed by atoms with van der Waals surface area (Å²) < 4.78 is 0. The van der Waals surface area contributed by atoms with Crippen LogP contribution in [-0.4, -0.2) is 30.6 Å². The fraction of sp³-hybridized carbons (Fsp3) is 1.00. The monoisotopic (exact) mass is 338 g/mol. The largest absolute Gasteiger partial charge is 0.330 e. The zero-order valence-electron chi connectivity index (χ0n) is 17.5. The minimum absolute atomic E-state index is 0.331. The Bertz CT molecular complexity index is 314. The molecule has 1 fully saturated rings. The number of rotatable bonds is 12. The van der Waals surface area contributed by atoms with Crippen LogP contribution < -0.4 is 5.73 Å². The summed E-state index contributed by atoms with van der Waals surface area (Å²) in [5, 5.41) is 0. The van der Waals surface area contributed by atoms with E-state index in [0.717, 1.165) is 12.6 Å². The maximum atomic E-state index is 6.18. The van der Waals surface area contributed by atoms with E-state index < -0.39 is 0 Å². The van der Waals surface area contributed by atoms with Crippen molar-refractivity contribution in [2.45, 2.75) is 111 Å². The average Bonchev–Trinajstić information content (AvgIpc) is 2.51. The molecule has 1 saturated carbocycles. The van der Waals surface area contributed by atoms with E-state index in [1.54, 1.807) is 0 Å². The minimum atomic E-state index is 0.331. The third-order valence-electron chi connectivity index (χ3n) is 6.03. The number of hydrogen-bond donors (Lipinski definition) is 1. The van der Waals surface area contributed by atoms with Crippen molar-refractivity contribution in [3.05, 3.63) is 0 Å². The van der Waals surface area contributed by atoms with Gasteiger partial charge >= 0.3 is 0 Å². The van der Waals surface area contributed by atoms with E-state index in [1.807, 2.05) is 0 Å². The molecule has 2 unspecified atom stereocenters. The smallest absolute Gasteiger partial charge is 0.0106 e. The van der Waals surface area contributed by atoms with Crippen molar-refractivity contribution in [1.82, 2.24) is 4.90 Å².